The zero-order valence-electron chi connectivity index (χ0n) is 15.4. The molecule has 0 unspecified atom stereocenters. The molecule has 27 heavy (non-hydrogen) atoms. The Bertz CT molecular complexity index is 920. The first-order valence-electron chi connectivity index (χ1n) is 8.83. The lowest BCUT2D eigenvalue weighted by Gasteiger charge is -2.15. The van der Waals surface area contributed by atoms with Gasteiger partial charge in [0.15, 0.2) is 0 Å². The maximum atomic E-state index is 12.8. The molecule has 7 nitrogen and oxygen atoms in total. The van der Waals surface area contributed by atoms with E-state index in [-0.39, 0.29) is 22.3 Å². The summed E-state index contributed by atoms with van der Waals surface area (Å²) in [7, 11) is -2.39. The van der Waals surface area contributed by atoms with Crippen LogP contribution in [-0.4, -0.2) is 32.5 Å². The van der Waals surface area contributed by atoms with Gasteiger partial charge in [-0.1, -0.05) is 18.9 Å². The summed E-state index contributed by atoms with van der Waals surface area (Å²) in [5.74, 6) is 0.159. The maximum Gasteiger partial charge on any atom is 0.256 e. The molecule has 1 aliphatic rings. The monoisotopic (exact) mass is 389 g/mol. The van der Waals surface area contributed by atoms with E-state index in [2.05, 4.69) is 15.0 Å². The van der Waals surface area contributed by atoms with Crippen molar-refractivity contribution in [1.82, 2.24) is 9.71 Å². The number of amides is 1. The van der Waals surface area contributed by atoms with Crippen LogP contribution in [0.25, 0.3) is 0 Å². The largest absolute Gasteiger partial charge is 0.495 e. The molecule has 2 N–H and O–H groups in total. The van der Waals surface area contributed by atoms with Crippen LogP contribution in [0.1, 0.15) is 41.6 Å². The minimum absolute atomic E-state index is 0.0404. The van der Waals surface area contributed by atoms with Gasteiger partial charge >= 0.3 is 0 Å². The molecule has 1 fully saturated rings. The summed E-state index contributed by atoms with van der Waals surface area (Å²) in [4.78, 5) is 16.6. The van der Waals surface area contributed by atoms with Crippen molar-refractivity contribution in [3.05, 3.63) is 47.7 Å². The van der Waals surface area contributed by atoms with Crippen molar-refractivity contribution < 1.29 is 17.9 Å². The van der Waals surface area contributed by atoms with Gasteiger partial charge in [-0.3, -0.25) is 4.79 Å². The fourth-order valence-electron chi connectivity index (χ4n) is 3.08. The number of nitrogens with zero attached hydrogens (tertiary/aromatic N) is 1. The topological polar surface area (TPSA) is 97.4 Å². The van der Waals surface area contributed by atoms with Crippen molar-refractivity contribution in [2.45, 2.75) is 43.5 Å². The number of nitrogens with one attached hydrogen (secondary N) is 2. The van der Waals surface area contributed by atoms with Crippen molar-refractivity contribution in [2.75, 3.05) is 12.4 Å². The number of aryl methyl sites for hydroxylation is 1. The molecule has 2 aromatic rings. The number of sulfonamides is 1. The number of aromatic nitrogens is 1. The molecule has 1 saturated carbocycles. The Hall–Kier alpha value is -2.45. The highest BCUT2D eigenvalue weighted by molar-refractivity contribution is 7.89. The Balaban J connectivity index is 1.85. The molecule has 1 aromatic heterocycles. The summed E-state index contributed by atoms with van der Waals surface area (Å²) in [6, 6.07) is 7.79. The van der Waals surface area contributed by atoms with Gasteiger partial charge in [-0.25, -0.2) is 18.1 Å². The van der Waals surface area contributed by atoms with Crippen molar-refractivity contribution in [3.8, 4) is 5.75 Å². The molecule has 1 amide bonds. The molecule has 1 aliphatic carbocycles. The van der Waals surface area contributed by atoms with E-state index < -0.39 is 15.9 Å². The molecule has 0 saturated heterocycles. The number of pyridine rings is 1. The van der Waals surface area contributed by atoms with E-state index in [1.165, 1.54) is 25.3 Å². The van der Waals surface area contributed by atoms with Gasteiger partial charge in [0, 0.05) is 17.8 Å². The van der Waals surface area contributed by atoms with Crippen LogP contribution in [0, 0.1) is 6.92 Å². The first-order valence-corrected chi connectivity index (χ1v) is 10.3. The van der Waals surface area contributed by atoms with E-state index in [4.69, 9.17) is 4.74 Å². The number of methoxy groups -OCH3 is 1. The van der Waals surface area contributed by atoms with Crippen molar-refractivity contribution in [2.24, 2.45) is 0 Å². The predicted octanol–water partition coefficient (Wildman–Crippen LogP) is 2.87. The van der Waals surface area contributed by atoms with Crippen molar-refractivity contribution in [1.29, 1.82) is 0 Å². The Morgan fingerprint density at radius 3 is 2.56 bits per heavy atom. The number of carbonyl (C=O) groups is 1. The summed E-state index contributed by atoms with van der Waals surface area (Å²) < 4.78 is 33.5. The first kappa shape index (κ1) is 19.3. The Morgan fingerprint density at radius 1 is 1.19 bits per heavy atom. The fourth-order valence-corrected chi connectivity index (χ4v) is 4.58. The third kappa shape index (κ3) is 4.64. The zero-order chi connectivity index (χ0) is 19.4. The lowest BCUT2D eigenvalue weighted by atomic mass is 10.2. The number of anilines is 1. The van der Waals surface area contributed by atoms with Gasteiger partial charge in [0.25, 0.3) is 5.91 Å². The number of carbonyl (C=O) groups excluding carboxylic acids is 1. The number of rotatable bonds is 6. The number of hydrogen-bond acceptors (Lipinski definition) is 5. The van der Waals surface area contributed by atoms with Crippen LogP contribution < -0.4 is 14.8 Å². The second kappa shape index (κ2) is 8.06. The second-order valence-electron chi connectivity index (χ2n) is 6.64. The zero-order valence-corrected chi connectivity index (χ0v) is 16.2. The van der Waals surface area contributed by atoms with E-state index in [0.29, 0.717) is 5.82 Å². The van der Waals surface area contributed by atoms with Gasteiger partial charge in [0.1, 0.15) is 16.5 Å². The molecule has 1 heterocycles. The highest BCUT2D eigenvalue weighted by atomic mass is 32.2. The average Bonchev–Trinajstić information content (AvgIpc) is 3.15. The highest BCUT2D eigenvalue weighted by Gasteiger charge is 2.26. The average molecular weight is 389 g/mol. The lowest BCUT2D eigenvalue weighted by molar-refractivity contribution is 0.102. The van der Waals surface area contributed by atoms with E-state index in [1.807, 2.05) is 13.0 Å². The van der Waals surface area contributed by atoms with Gasteiger partial charge < -0.3 is 10.1 Å². The number of ether oxygens (including phenoxy) is 1. The molecule has 1 aromatic carbocycles. The van der Waals surface area contributed by atoms with Gasteiger partial charge in [-0.2, -0.15) is 0 Å². The van der Waals surface area contributed by atoms with Gasteiger partial charge in [-0.15, -0.1) is 0 Å². The second-order valence-corrected chi connectivity index (χ2v) is 8.33. The minimum atomic E-state index is -3.79. The quantitative estimate of drug-likeness (QED) is 0.792. The van der Waals surface area contributed by atoms with Crippen LogP contribution in [0.4, 0.5) is 5.82 Å². The molecule has 0 radical (unpaired) electrons. The third-order valence-electron chi connectivity index (χ3n) is 4.55. The number of hydrogen-bond donors (Lipinski definition) is 2. The minimum Gasteiger partial charge on any atom is -0.495 e. The maximum absolute atomic E-state index is 12.8. The smallest absolute Gasteiger partial charge is 0.256 e. The molecular weight excluding hydrogens is 366 g/mol. The molecule has 0 bridgehead atoms. The van der Waals surface area contributed by atoms with Crippen LogP contribution in [-0.2, 0) is 10.0 Å². The highest BCUT2D eigenvalue weighted by Crippen LogP contribution is 2.27. The Kier molecular flexibility index (Phi) is 5.76. The summed E-state index contributed by atoms with van der Waals surface area (Å²) in [5.41, 5.74) is 1.19. The summed E-state index contributed by atoms with van der Waals surface area (Å²) in [6.45, 7) is 1.90. The standard InChI is InChI=1S/C19H23N3O4S/c1-13-7-10-18(20-12-13)21-19(23)14-8-9-16(26-2)17(11-14)27(24,25)22-15-5-3-4-6-15/h7-12,15,22H,3-6H2,1-2H3,(H,20,21,23). The lowest BCUT2D eigenvalue weighted by Crippen LogP contribution is -2.33. The Morgan fingerprint density at radius 2 is 1.93 bits per heavy atom. The summed E-state index contributed by atoms with van der Waals surface area (Å²) in [5, 5.41) is 2.67. The first-order chi connectivity index (χ1) is 12.9. The SMILES string of the molecule is COc1ccc(C(=O)Nc2ccc(C)cn2)cc1S(=O)(=O)NC1CCCC1. The van der Waals surface area contributed by atoms with E-state index in [0.717, 1.165) is 31.2 Å². The number of benzene rings is 1. The predicted molar refractivity (Wildman–Crippen MR) is 102 cm³/mol. The van der Waals surface area contributed by atoms with Crippen molar-refractivity contribution >= 4 is 21.7 Å². The summed E-state index contributed by atoms with van der Waals surface area (Å²) in [6.07, 6.45) is 5.30. The van der Waals surface area contributed by atoms with Crippen LogP contribution in [0.2, 0.25) is 0 Å². The molecular formula is C19H23N3O4S. The van der Waals surface area contributed by atoms with Crippen LogP contribution in [0.5, 0.6) is 5.75 Å². The molecule has 0 spiro atoms. The fraction of sp³-hybridized carbons (Fsp3) is 0.368. The molecule has 8 heteroatoms. The van der Waals surface area contributed by atoms with Gasteiger partial charge in [0.2, 0.25) is 10.0 Å². The third-order valence-corrected chi connectivity index (χ3v) is 6.09. The van der Waals surface area contributed by atoms with Crippen LogP contribution >= 0.6 is 0 Å². The Labute approximate surface area is 159 Å². The van der Waals surface area contributed by atoms with Gasteiger partial charge in [-0.05, 0) is 49.6 Å². The summed E-state index contributed by atoms with van der Waals surface area (Å²) >= 11 is 0. The molecule has 144 valence electrons. The van der Waals surface area contributed by atoms with Crippen molar-refractivity contribution in [3.63, 3.8) is 0 Å². The van der Waals surface area contributed by atoms with Gasteiger partial charge in [0.05, 0.1) is 7.11 Å². The molecule has 0 aliphatic heterocycles. The van der Waals surface area contributed by atoms with E-state index in [9.17, 15) is 13.2 Å². The molecule has 0 atom stereocenters. The normalized spacial score (nSPS) is 14.9. The van der Waals surface area contributed by atoms with Crippen LogP contribution in [0.3, 0.4) is 0 Å². The molecule has 3 rings (SSSR count). The van der Waals surface area contributed by atoms with E-state index >= 15 is 0 Å². The van der Waals surface area contributed by atoms with Crippen LogP contribution in [0.15, 0.2) is 41.4 Å². The van der Waals surface area contributed by atoms with E-state index in [1.54, 1.807) is 12.3 Å².